The predicted octanol–water partition coefficient (Wildman–Crippen LogP) is 3.44. The summed E-state index contributed by atoms with van der Waals surface area (Å²) < 4.78 is 12.5. The Balaban J connectivity index is 1.78. The smallest absolute Gasteiger partial charge is 0.355 e. The van der Waals surface area contributed by atoms with Gasteiger partial charge >= 0.3 is 11.9 Å². The molecule has 2 aliphatic rings. The van der Waals surface area contributed by atoms with Gasteiger partial charge in [-0.25, -0.2) is 9.78 Å². The number of ether oxygens (including phenoxy) is 2. The lowest BCUT2D eigenvalue weighted by Gasteiger charge is -2.35. The number of hydrogen-bond acceptors (Lipinski definition) is 8. The highest BCUT2D eigenvalue weighted by atomic mass is 16.6. The number of cyclic esters (lactones) is 1. The number of benzene rings is 1. The number of pyridine rings is 2. The maximum Gasteiger partial charge on any atom is 0.355 e. The number of anilines is 2. The second kappa shape index (κ2) is 8.41. The van der Waals surface area contributed by atoms with E-state index < -0.39 is 17.5 Å². The van der Waals surface area contributed by atoms with Crippen molar-refractivity contribution in [3.63, 3.8) is 0 Å². The van der Waals surface area contributed by atoms with E-state index in [9.17, 15) is 14.4 Å². The molecule has 9 heteroatoms. The molecule has 2 aliphatic heterocycles. The number of esters is 2. The maximum absolute atomic E-state index is 13.7. The van der Waals surface area contributed by atoms with Gasteiger partial charge in [0.15, 0.2) is 0 Å². The number of unbranched alkanes of at least 4 members (excludes halogenated alkanes) is 1. The molecule has 0 fully saturated rings. The van der Waals surface area contributed by atoms with E-state index in [4.69, 9.17) is 20.2 Å². The van der Waals surface area contributed by atoms with Crippen molar-refractivity contribution in [1.82, 2.24) is 9.55 Å². The topological polar surface area (TPSA) is 126 Å². The molecule has 3 aromatic rings. The number of nitrogens with one attached hydrogen (secondary N) is 1. The molecule has 5 rings (SSSR count). The van der Waals surface area contributed by atoms with Gasteiger partial charge in [0.1, 0.15) is 6.61 Å². The normalized spacial score (nSPS) is 18.0. The van der Waals surface area contributed by atoms with E-state index in [0.717, 1.165) is 36.0 Å². The number of rotatable bonds is 6. The van der Waals surface area contributed by atoms with E-state index in [0.29, 0.717) is 40.3 Å². The summed E-state index contributed by atoms with van der Waals surface area (Å²) >= 11 is 0. The Bertz CT molecular complexity index is 1440. The fraction of sp³-hybridized carbons (Fsp3) is 0.385. The summed E-state index contributed by atoms with van der Waals surface area (Å²) in [6.07, 6.45) is 2.15. The first kappa shape index (κ1) is 22.9. The summed E-state index contributed by atoms with van der Waals surface area (Å²) in [5, 5.41) is 4.36. The first-order valence-electron chi connectivity index (χ1n) is 11.9. The van der Waals surface area contributed by atoms with Crippen LogP contribution >= 0.6 is 0 Å². The van der Waals surface area contributed by atoms with Gasteiger partial charge in [0, 0.05) is 35.7 Å². The van der Waals surface area contributed by atoms with E-state index in [1.165, 1.54) is 6.92 Å². The molecule has 0 radical (unpaired) electrons. The molecule has 0 aliphatic carbocycles. The van der Waals surface area contributed by atoms with Gasteiger partial charge in [-0.15, -0.1) is 0 Å². The zero-order chi connectivity index (χ0) is 24.9. The highest BCUT2D eigenvalue weighted by Crippen LogP contribution is 2.44. The molecule has 0 amide bonds. The Labute approximate surface area is 202 Å². The van der Waals surface area contributed by atoms with Gasteiger partial charge in [-0.1, -0.05) is 26.3 Å². The standard InChI is InChI=1S/C26H28N4O5/c1-4-6-10-28-23-15-12-30-20(22(15)29-19-9-7-8-18(27)21(19)23)11-17-16(24(30)32)13-34-25(33)26(17,5-2)35-14(3)31/h7-9,11H,4-6,10,12-13,27H2,1-3H3,(H,28,29)/t26-/m0/s1. The number of fused-ring (bicyclic) bond motifs is 5. The highest BCUT2D eigenvalue weighted by Gasteiger charge is 2.50. The summed E-state index contributed by atoms with van der Waals surface area (Å²) in [7, 11) is 0. The predicted molar refractivity (Wildman–Crippen MR) is 132 cm³/mol. The number of nitrogens with two attached hydrogens (primary N) is 1. The third-order valence-corrected chi connectivity index (χ3v) is 6.86. The molecular formula is C26H28N4O5. The van der Waals surface area contributed by atoms with Crippen LogP contribution in [0.2, 0.25) is 0 Å². The van der Waals surface area contributed by atoms with Crippen molar-refractivity contribution >= 4 is 34.2 Å². The lowest BCUT2D eigenvalue weighted by Crippen LogP contribution is -2.47. The molecule has 35 heavy (non-hydrogen) atoms. The van der Waals surface area contributed by atoms with Crippen LogP contribution < -0.4 is 16.6 Å². The van der Waals surface area contributed by atoms with Crippen LogP contribution in [-0.2, 0) is 37.8 Å². The number of nitrogen functional groups attached to an aromatic ring is 1. The number of carbonyl (C=O) groups is 2. The van der Waals surface area contributed by atoms with Crippen LogP contribution in [0.5, 0.6) is 0 Å². The molecule has 0 unspecified atom stereocenters. The molecule has 3 N–H and O–H groups in total. The first-order valence-corrected chi connectivity index (χ1v) is 11.9. The average molecular weight is 477 g/mol. The van der Waals surface area contributed by atoms with Crippen molar-refractivity contribution < 1.29 is 19.1 Å². The molecule has 9 nitrogen and oxygen atoms in total. The highest BCUT2D eigenvalue weighted by molar-refractivity contribution is 6.04. The van der Waals surface area contributed by atoms with Gasteiger partial charge in [0.2, 0.25) is 5.60 Å². The number of carbonyl (C=O) groups excluding carboxylic acids is 2. The molecule has 0 saturated carbocycles. The van der Waals surface area contributed by atoms with E-state index in [1.807, 2.05) is 18.2 Å². The van der Waals surface area contributed by atoms with Gasteiger partial charge in [-0.2, -0.15) is 0 Å². The monoisotopic (exact) mass is 476 g/mol. The number of aromatic nitrogens is 2. The average Bonchev–Trinajstić information content (AvgIpc) is 3.19. The van der Waals surface area contributed by atoms with Crippen molar-refractivity contribution in [3.05, 3.63) is 51.3 Å². The van der Waals surface area contributed by atoms with Crippen molar-refractivity contribution in [2.45, 2.75) is 58.8 Å². The van der Waals surface area contributed by atoms with Gasteiger partial charge in [0.25, 0.3) is 5.56 Å². The second-order valence-electron chi connectivity index (χ2n) is 9.00. The summed E-state index contributed by atoms with van der Waals surface area (Å²) in [5.74, 6) is -1.30. The molecule has 2 aromatic heterocycles. The zero-order valence-corrected chi connectivity index (χ0v) is 20.1. The summed E-state index contributed by atoms with van der Waals surface area (Å²) in [6.45, 7) is 5.98. The lowest BCUT2D eigenvalue weighted by molar-refractivity contribution is -0.188. The lowest BCUT2D eigenvalue weighted by atomic mass is 9.85. The first-order chi connectivity index (χ1) is 16.8. The van der Waals surface area contributed by atoms with Crippen LogP contribution in [0, 0.1) is 0 Å². The minimum atomic E-state index is -1.67. The molecule has 1 aromatic carbocycles. The van der Waals surface area contributed by atoms with Gasteiger partial charge in [0.05, 0.1) is 34.7 Å². The van der Waals surface area contributed by atoms with E-state index >= 15 is 0 Å². The van der Waals surface area contributed by atoms with Crippen molar-refractivity contribution in [2.24, 2.45) is 0 Å². The van der Waals surface area contributed by atoms with Crippen LogP contribution in [-0.4, -0.2) is 28.0 Å². The molecule has 4 heterocycles. The molecule has 182 valence electrons. The third-order valence-electron chi connectivity index (χ3n) is 6.86. The van der Waals surface area contributed by atoms with Crippen molar-refractivity contribution in [2.75, 3.05) is 17.6 Å². The summed E-state index contributed by atoms with van der Waals surface area (Å²) in [4.78, 5) is 43.4. The van der Waals surface area contributed by atoms with Gasteiger partial charge in [-0.05, 0) is 31.0 Å². The van der Waals surface area contributed by atoms with Crippen LogP contribution in [0.15, 0.2) is 29.1 Å². The van der Waals surface area contributed by atoms with Crippen molar-refractivity contribution in [3.8, 4) is 11.4 Å². The largest absolute Gasteiger partial charge is 0.457 e. The number of nitrogens with zero attached hydrogens (tertiary/aromatic N) is 2. The molecule has 0 bridgehead atoms. The van der Waals surface area contributed by atoms with E-state index in [2.05, 4.69) is 12.2 Å². The Hall–Kier alpha value is -3.88. The van der Waals surface area contributed by atoms with Crippen LogP contribution in [0.25, 0.3) is 22.3 Å². The van der Waals surface area contributed by atoms with Crippen LogP contribution in [0.1, 0.15) is 56.7 Å². The molecular weight excluding hydrogens is 448 g/mol. The fourth-order valence-electron chi connectivity index (χ4n) is 5.14. The van der Waals surface area contributed by atoms with Crippen LogP contribution in [0.4, 0.5) is 11.4 Å². The minimum Gasteiger partial charge on any atom is -0.457 e. The molecule has 0 spiro atoms. The zero-order valence-electron chi connectivity index (χ0n) is 20.1. The second-order valence-corrected chi connectivity index (χ2v) is 9.00. The minimum absolute atomic E-state index is 0.139. The molecule has 0 saturated heterocycles. The quantitative estimate of drug-likeness (QED) is 0.246. The summed E-state index contributed by atoms with van der Waals surface area (Å²) in [5.41, 5.74) is 9.36. The summed E-state index contributed by atoms with van der Waals surface area (Å²) in [6, 6.07) is 7.34. The SMILES string of the molecule is CCCCNc1c2c(nc3cccc(N)c13)-c1cc3c(c(=O)n1C2)COC(=O)[C@@]3(CC)OC(C)=O. The van der Waals surface area contributed by atoms with E-state index in [-0.39, 0.29) is 18.6 Å². The van der Waals surface area contributed by atoms with E-state index in [1.54, 1.807) is 17.6 Å². The Morgan fingerprint density at radius 1 is 1.29 bits per heavy atom. The Morgan fingerprint density at radius 2 is 2.09 bits per heavy atom. The number of hydrogen-bond donors (Lipinski definition) is 2. The van der Waals surface area contributed by atoms with Gasteiger partial charge < -0.3 is 25.1 Å². The third kappa shape index (κ3) is 3.37. The Kier molecular flexibility index (Phi) is 5.50. The Morgan fingerprint density at radius 3 is 2.80 bits per heavy atom. The van der Waals surface area contributed by atoms with Crippen molar-refractivity contribution in [1.29, 1.82) is 0 Å². The fourth-order valence-corrected chi connectivity index (χ4v) is 5.14. The molecule has 1 atom stereocenters. The van der Waals surface area contributed by atoms with Gasteiger partial charge in [-0.3, -0.25) is 9.59 Å². The van der Waals surface area contributed by atoms with Crippen LogP contribution in [0.3, 0.4) is 0 Å². The maximum atomic E-state index is 13.7.